The Bertz CT molecular complexity index is 928. The molecule has 138 valence electrons. The average molecular weight is 355 g/mol. The molecule has 0 radical (unpaired) electrons. The maximum Gasteiger partial charge on any atom is 0.407 e. The first-order valence-electron chi connectivity index (χ1n) is 9.19. The van der Waals surface area contributed by atoms with E-state index >= 15 is 0 Å². The second-order valence-corrected chi connectivity index (χ2v) is 8.04. The number of imidazole rings is 1. The van der Waals surface area contributed by atoms with Gasteiger partial charge >= 0.3 is 6.09 Å². The van der Waals surface area contributed by atoms with Crippen molar-refractivity contribution in [1.29, 1.82) is 0 Å². The van der Waals surface area contributed by atoms with Crippen LogP contribution in [-0.4, -0.2) is 37.3 Å². The minimum atomic E-state index is -0.465. The molecule has 2 N–H and O–H groups in total. The SMILES string of the molecule is CC(C)(C)OC(=O)N[C@H]1CC[C@@H](n2cnc3cnc4[nH]ccc4c32)CC1. The number of fused-ring (bicyclic) bond motifs is 3. The number of ether oxygens (including phenoxy) is 1. The molecule has 1 aliphatic rings. The smallest absolute Gasteiger partial charge is 0.407 e. The molecule has 7 heteroatoms. The molecule has 1 fully saturated rings. The van der Waals surface area contributed by atoms with Gasteiger partial charge in [-0.1, -0.05) is 0 Å². The molecule has 3 heterocycles. The number of alkyl carbamates (subject to hydrolysis) is 1. The minimum Gasteiger partial charge on any atom is -0.444 e. The number of carbonyl (C=O) groups is 1. The molecule has 7 nitrogen and oxygen atoms in total. The third kappa shape index (κ3) is 3.25. The van der Waals surface area contributed by atoms with Crippen LogP contribution >= 0.6 is 0 Å². The Balaban J connectivity index is 1.46. The van der Waals surface area contributed by atoms with Crippen molar-refractivity contribution in [3.05, 3.63) is 24.8 Å². The number of aromatic nitrogens is 4. The number of aromatic amines is 1. The van der Waals surface area contributed by atoms with E-state index in [-0.39, 0.29) is 12.1 Å². The molecule has 0 aromatic carbocycles. The molecule has 0 aliphatic heterocycles. The van der Waals surface area contributed by atoms with Gasteiger partial charge in [0.2, 0.25) is 0 Å². The van der Waals surface area contributed by atoms with Crippen LogP contribution in [0.25, 0.3) is 22.1 Å². The van der Waals surface area contributed by atoms with Crippen molar-refractivity contribution < 1.29 is 9.53 Å². The fourth-order valence-electron chi connectivity index (χ4n) is 3.78. The van der Waals surface area contributed by atoms with Gasteiger partial charge in [-0.05, 0) is 52.5 Å². The number of pyridine rings is 1. The van der Waals surface area contributed by atoms with E-state index in [2.05, 4.69) is 30.9 Å². The summed E-state index contributed by atoms with van der Waals surface area (Å²) in [5.74, 6) is 0. The summed E-state index contributed by atoms with van der Waals surface area (Å²) in [5, 5.41) is 4.11. The molecular weight excluding hydrogens is 330 g/mol. The Labute approximate surface area is 152 Å². The highest BCUT2D eigenvalue weighted by Gasteiger charge is 2.26. The zero-order valence-corrected chi connectivity index (χ0v) is 15.5. The number of hydrogen-bond donors (Lipinski definition) is 2. The maximum absolute atomic E-state index is 12.0. The van der Waals surface area contributed by atoms with Crippen LogP contribution in [0.2, 0.25) is 0 Å². The zero-order chi connectivity index (χ0) is 18.3. The van der Waals surface area contributed by atoms with Crippen LogP contribution < -0.4 is 5.32 Å². The van der Waals surface area contributed by atoms with Crippen LogP contribution in [0.15, 0.2) is 24.8 Å². The second kappa shape index (κ2) is 6.30. The van der Waals surface area contributed by atoms with E-state index in [4.69, 9.17) is 4.74 Å². The van der Waals surface area contributed by atoms with Gasteiger partial charge < -0.3 is 19.6 Å². The highest BCUT2D eigenvalue weighted by atomic mass is 16.6. The number of amides is 1. The summed E-state index contributed by atoms with van der Waals surface area (Å²) >= 11 is 0. The van der Waals surface area contributed by atoms with Gasteiger partial charge in [-0.25, -0.2) is 14.8 Å². The summed E-state index contributed by atoms with van der Waals surface area (Å²) in [6, 6.07) is 2.61. The van der Waals surface area contributed by atoms with Crippen molar-refractivity contribution in [3.63, 3.8) is 0 Å². The van der Waals surface area contributed by atoms with E-state index in [1.54, 1.807) is 0 Å². The summed E-state index contributed by atoms with van der Waals surface area (Å²) in [5.41, 5.74) is 2.48. The quantitative estimate of drug-likeness (QED) is 0.729. The first-order valence-corrected chi connectivity index (χ1v) is 9.19. The van der Waals surface area contributed by atoms with Crippen molar-refractivity contribution in [2.75, 3.05) is 0 Å². The molecule has 3 aromatic rings. The Morgan fingerprint density at radius 3 is 2.77 bits per heavy atom. The highest BCUT2D eigenvalue weighted by Crippen LogP contribution is 2.33. The molecule has 1 aliphatic carbocycles. The molecule has 0 saturated heterocycles. The van der Waals surface area contributed by atoms with Crippen LogP contribution in [-0.2, 0) is 4.74 Å². The van der Waals surface area contributed by atoms with E-state index in [0.717, 1.165) is 47.8 Å². The van der Waals surface area contributed by atoms with Crippen LogP contribution in [0.1, 0.15) is 52.5 Å². The fraction of sp³-hybridized carbons (Fsp3) is 0.526. The van der Waals surface area contributed by atoms with Crippen molar-refractivity contribution in [2.45, 2.75) is 64.1 Å². The molecular formula is C19H25N5O2. The molecule has 0 spiro atoms. The van der Waals surface area contributed by atoms with Crippen LogP contribution in [0.3, 0.4) is 0 Å². The summed E-state index contributed by atoms with van der Waals surface area (Å²) in [6.45, 7) is 5.64. The van der Waals surface area contributed by atoms with E-state index in [9.17, 15) is 4.79 Å². The van der Waals surface area contributed by atoms with Crippen molar-refractivity contribution in [2.24, 2.45) is 0 Å². The van der Waals surface area contributed by atoms with E-state index < -0.39 is 5.60 Å². The third-order valence-electron chi connectivity index (χ3n) is 4.93. The Kier molecular flexibility index (Phi) is 4.09. The van der Waals surface area contributed by atoms with Gasteiger partial charge in [0.15, 0.2) is 0 Å². The average Bonchev–Trinajstić information content (AvgIpc) is 3.19. The van der Waals surface area contributed by atoms with E-state index in [0.29, 0.717) is 6.04 Å². The Hall–Kier alpha value is -2.57. The van der Waals surface area contributed by atoms with Crippen LogP contribution in [0.5, 0.6) is 0 Å². The number of nitrogens with zero attached hydrogens (tertiary/aromatic N) is 3. The normalized spacial score (nSPS) is 21.2. The summed E-state index contributed by atoms with van der Waals surface area (Å²) in [7, 11) is 0. The minimum absolute atomic E-state index is 0.171. The first kappa shape index (κ1) is 16.9. The Morgan fingerprint density at radius 2 is 2.04 bits per heavy atom. The molecule has 3 aromatic heterocycles. The van der Waals surface area contributed by atoms with Gasteiger partial charge in [0, 0.05) is 23.7 Å². The fourth-order valence-corrected chi connectivity index (χ4v) is 3.78. The molecule has 4 rings (SSSR count). The summed E-state index contributed by atoms with van der Waals surface area (Å²) in [6.07, 6.45) is 9.20. The maximum atomic E-state index is 12.0. The molecule has 0 atom stereocenters. The van der Waals surface area contributed by atoms with Gasteiger partial charge in [0.25, 0.3) is 0 Å². The lowest BCUT2D eigenvalue weighted by Gasteiger charge is -2.31. The van der Waals surface area contributed by atoms with Gasteiger partial charge in [-0.15, -0.1) is 0 Å². The highest BCUT2D eigenvalue weighted by molar-refractivity contribution is 6.00. The van der Waals surface area contributed by atoms with Crippen LogP contribution in [0.4, 0.5) is 4.79 Å². The molecule has 0 unspecified atom stereocenters. The predicted molar refractivity (Wildman–Crippen MR) is 100 cm³/mol. The number of hydrogen-bond acceptors (Lipinski definition) is 4. The van der Waals surface area contributed by atoms with Crippen molar-refractivity contribution in [1.82, 2.24) is 24.8 Å². The Morgan fingerprint density at radius 1 is 1.27 bits per heavy atom. The van der Waals surface area contributed by atoms with E-state index in [1.165, 1.54) is 0 Å². The predicted octanol–water partition coefficient (Wildman–Crippen LogP) is 3.92. The first-order chi connectivity index (χ1) is 12.4. The second-order valence-electron chi connectivity index (χ2n) is 8.04. The molecule has 1 amide bonds. The lowest BCUT2D eigenvalue weighted by molar-refractivity contribution is 0.0488. The number of nitrogens with one attached hydrogen (secondary N) is 2. The van der Waals surface area contributed by atoms with Gasteiger partial charge in [-0.3, -0.25) is 0 Å². The zero-order valence-electron chi connectivity index (χ0n) is 15.5. The van der Waals surface area contributed by atoms with Crippen molar-refractivity contribution >= 4 is 28.2 Å². The summed E-state index contributed by atoms with van der Waals surface area (Å²) in [4.78, 5) is 24.1. The number of H-pyrrole nitrogens is 1. The third-order valence-corrected chi connectivity index (χ3v) is 4.93. The largest absolute Gasteiger partial charge is 0.444 e. The van der Waals surface area contributed by atoms with E-state index in [1.807, 2.05) is 39.5 Å². The molecule has 0 bridgehead atoms. The van der Waals surface area contributed by atoms with Gasteiger partial charge in [-0.2, -0.15) is 0 Å². The topological polar surface area (TPSA) is 84.8 Å². The molecule has 1 saturated carbocycles. The van der Waals surface area contributed by atoms with Crippen molar-refractivity contribution in [3.8, 4) is 0 Å². The number of rotatable bonds is 2. The monoisotopic (exact) mass is 355 g/mol. The standard InChI is InChI=1S/C19H25N5O2/c1-19(2,3)26-18(25)23-12-4-6-13(7-5-12)24-11-22-15-10-21-17-14(16(15)24)8-9-20-17/h8-13H,4-7H2,1-3H3,(H,20,21)(H,23,25)/t12-,13+. The van der Waals surface area contributed by atoms with Gasteiger partial charge in [0.05, 0.1) is 18.0 Å². The van der Waals surface area contributed by atoms with Crippen LogP contribution in [0, 0.1) is 0 Å². The summed E-state index contributed by atoms with van der Waals surface area (Å²) < 4.78 is 7.64. The van der Waals surface area contributed by atoms with Gasteiger partial charge in [0.1, 0.15) is 16.8 Å². The number of carbonyl (C=O) groups excluding carboxylic acids is 1. The lowest BCUT2D eigenvalue weighted by Crippen LogP contribution is -2.41. The molecule has 26 heavy (non-hydrogen) atoms. The lowest BCUT2D eigenvalue weighted by atomic mass is 9.91.